The highest BCUT2D eigenvalue weighted by Crippen LogP contribution is 2.23. The van der Waals surface area contributed by atoms with Crippen LogP contribution in [-0.2, 0) is 16.0 Å². The predicted molar refractivity (Wildman–Crippen MR) is 70.7 cm³/mol. The lowest BCUT2D eigenvalue weighted by Crippen LogP contribution is -2.19. The minimum absolute atomic E-state index is 0.0688. The summed E-state index contributed by atoms with van der Waals surface area (Å²) in [5.74, 6) is 0.385. The molecule has 0 fully saturated rings. The zero-order valence-corrected chi connectivity index (χ0v) is 11.2. The van der Waals surface area contributed by atoms with Crippen molar-refractivity contribution in [3.05, 3.63) is 29.3 Å². The van der Waals surface area contributed by atoms with Crippen molar-refractivity contribution in [3.8, 4) is 5.75 Å². The predicted octanol–water partition coefficient (Wildman–Crippen LogP) is 1.83. The number of nitrogens with two attached hydrogens (primary N) is 1. The van der Waals surface area contributed by atoms with Crippen molar-refractivity contribution in [1.82, 2.24) is 0 Å². The molecule has 2 N–H and O–H groups in total. The highest BCUT2D eigenvalue weighted by Gasteiger charge is 2.10. The Morgan fingerprint density at radius 3 is 2.72 bits per heavy atom. The molecular weight excluding hydrogens is 230 g/mol. The first-order chi connectivity index (χ1) is 8.54. The molecule has 0 saturated heterocycles. The van der Waals surface area contributed by atoms with Crippen LogP contribution in [0.15, 0.2) is 18.2 Å². The number of carbonyl (C=O) groups excluding carboxylic acids is 1. The molecule has 0 atom stereocenters. The van der Waals surface area contributed by atoms with Gasteiger partial charge in [0.15, 0.2) is 6.61 Å². The van der Waals surface area contributed by atoms with E-state index in [9.17, 15) is 4.79 Å². The number of ether oxygens (including phenoxy) is 2. The molecular formula is C14H21NO3. The van der Waals surface area contributed by atoms with Gasteiger partial charge in [0.25, 0.3) is 0 Å². The van der Waals surface area contributed by atoms with Gasteiger partial charge in [-0.1, -0.05) is 18.2 Å². The Hall–Kier alpha value is -1.55. The second kappa shape index (κ2) is 7.01. The number of para-hydroxylation sites is 1. The van der Waals surface area contributed by atoms with Crippen molar-refractivity contribution < 1.29 is 14.3 Å². The van der Waals surface area contributed by atoms with E-state index in [1.807, 2.05) is 39.0 Å². The van der Waals surface area contributed by atoms with Gasteiger partial charge in [-0.05, 0) is 44.9 Å². The van der Waals surface area contributed by atoms with Gasteiger partial charge >= 0.3 is 5.97 Å². The number of hydrogen-bond acceptors (Lipinski definition) is 4. The minimum Gasteiger partial charge on any atom is -0.481 e. The lowest BCUT2D eigenvalue weighted by molar-refractivity contribution is -0.149. The molecule has 0 heterocycles. The average molecular weight is 251 g/mol. The fourth-order valence-corrected chi connectivity index (χ4v) is 1.70. The maximum absolute atomic E-state index is 11.4. The lowest BCUT2D eigenvalue weighted by Gasteiger charge is -2.14. The molecule has 1 rings (SSSR count). The molecule has 1 aromatic rings. The molecule has 0 unspecified atom stereocenters. The minimum atomic E-state index is -0.355. The summed E-state index contributed by atoms with van der Waals surface area (Å²) in [7, 11) is 0. The van der Waals surface area contributed by atoms with Gasteiger partial charge in [-0.25, -0.2) is 4.79 Å². The van der Waals surface area contributed by atoms with Crippen molar-refractivity contribution in [2.75, 3.05) is 13.2 Å². The topological polar surface area (TPSA) is 61.5 Å². The van der Waals surface area contributed by atoms with E-state index >= 15 is 0 Å². The van der Waals surface area contributed by atoms with Gasteiger partial charge in [0, 0.05) is 0 Å². The van der Waals surface area contributed by atoms with E-state index in [1.165, 1.54) is 0 Å². The van der Waals surface area contributed by atoms with E-state index in [0.717, 1.165) is 23.3 Å². The number of aryl methyl sites for hydroxylation is 1. The summed E-state index contributed by atoms with van der Waals surface area (Å²) in [5.41, 5.74) is 7.58. The van der Waals surface area contributed by atoms with Gasteiger partial charge in [0.1, 0.15) is 5.75 Å². The van der Waals surface area contributed by atoms with E-state index in [2.05, 4.69) is 0 Å². The zero-order chi connectivity index (χ0) is 13.5. The number of esters is 1. The normalized spacial score (nSPS) is 10.5. The molecule has 0 bridgehead atoms. The van der Waals surface area contributed by atoms with Crippen LogP contribution in [0.1, 0.15) is 25.0 Å². The number of benzene rings is 1. The Morgan fingerprint density at radius 2 is 2.11 bits per heavy atom. The molecule has 4 nitrogen and oxygen atoms in total. The van der Waals surface area contributed by atoms with Crippen molar-refractivity contribution in [2.24, 2.45) is 5.73 Å². The summed E-state index contributed by atoms with van der Waals surface area (Å²) in [6.45, 7) is 6.05. The van der Waals surface area contributed by atoms with Crippen LogP contribution in [0.25, 0.3) is 0 Å². The zero-order valence-electron chi connectivity index (χ0n) is 11.2. The Balaban J connectivity index is 2.68. The maximum atomic E-state index is 11.4. The van der Waals surface area contributed by atoms with Crippen LogP contribution in [0.2, 0.25) is 0 Å². The van der Waals surface area contributed by atoms with E-state index in [4.69, 9.17) is 15.2 Å². The summed E-state index contributed by atoms with van der Waals surface area (Å²) in [6, 6.07) is 5.87. The quantitative estimate of drug-likeness (QED) is 0.783. The second-order valence-corrected chi connectivity index (χ2v) is 4.43. The third-order valence-electron chi connectivity index (χ3n) is 2.41. The van der Waals surface area contributed by atoms with E-state index in [1.54, 1.807) is 0 Å². The van der Waals surface area contributed by atoms with Crippen molar-refractivity contribution >= 4 is 5.97 Å². The maximum Gasteiger partial charge on any atom is 0.344 e. The monoisotopic (exact) mass is 251 g/mol. The summed E-state index contributed by atoms with van der Waals surface area (Å²) in [4.78, 5) is 11.4. The van der Waals surface area contributed by atoms with Crippen LogP contribution >= 0.6 is 0 Å². The smallest absolute Gasteiger partial charge is 0.344 e. The lowest BCUT2D eigenvalue weighted by atomic mass is 10.1. The molecule has 0 aliphatic rings. The summed E-state index contributed by atoms with van der Waals surface area (Å²) < 4.78 is 10.6. The molecule has 4 heteroatoms. The van der Waals surface area contributed by atoms with E-state index in [0.29, 0.717) is 6.54 Å². The Labute approximate surface area is 108 Å². The van der Waals surface area contributed by atoms with Crippen LogP contribution in [0.3, 0.4) is 0 Å². The molecule has 0 spiro atoms. The third-order valence-corrected chi connectivity index (χ3v) is 2.41. The molecule has 18 heavy (non-hydrogen) atoms. The average Bonchev–Trinajstić information content (AvgIpc) is 2.27. The number of carbonyl (C=O) groups is 1. The van der Waals surface area contributed by atoms with Crippen molar-refractivity contribution in [2.45, 2.75) is 33.3 Å². The molecule has 0 amide bonds. The Morgan fingerprint density at radius 1 is 1.39 bits per heavy atom. The van der Waals surface area contributed by atoms with Crippen molar-refractivity contribution in [1.29, 1.82) is 0 Å². The van der Waals surface area contributed by atoms with Crippen LogP contribution in [0, 0.1) is 6.92 Å². The molecule has 1 aromatic carbocycles. The van der Waals surface area contributed by atoms with Gasteiger partial charge < -0.3 is 15.2 Å². The first kappa shape index (κ1) is 14.5. The van der Waals surface area contributed by atoms with Crippen molar-refractivity contribution in [3.63, 3.8) is 0 Å². The standard InChI is InChI=1S/C14H21NO3/c1-10(2)18-13(16)9-17-14-11(3)5-4-6-12(14)7-8-15/h4-6,10H,7-9,15H2,1-3H3. The molecule has 0 aliphatic carbocycles. The molecule has 100 valence electrons. The van der Waals surface area contributed by atoms with Gasteiger partial charge in [0.05, 0.1) is 6.10 Å². The van der Waals surface area contributed by atoms with E-state index < -0.39 is 0 Å². The van der Waals surface area contributed by atoms with Gasteiger partial charge in [-0.2, -0.15) is 0 Å². The van der Waals surface area contributed by atoms with E-state index in [-0.39, 0.29) is 18.7 Å². The summed E-state index contributed by atoms with van der Waals surface area (Å²) >= 11 is 0. The van der Waals surface area contributed by atoms with Crippen LogP contribution < -0.4 is 10.5 Å². The molecule has 0 aromatic heterocycles. The third kappa shape index (κ3) is 4.37. The SMILES string of the molecule is Cc1cccc(CCN)c1OCC(=O)OC(C)C. The highest BCUT2D eigenvalue weighted by molar-refractivity contribution is 5.71. The summed E-state index contributed by atoms with van der Waals surface area (Å²) in [5, 5.41) is 0. The first-order valence-electron chi connectivity index (χ1n) is 6.15. The second-order valence-electron chi connectivity index (χ2n) is 4.43. The van der Waals surface area contributed by atoms with Crippen LogP contribution in [-0.4, -0.2) is 25.2 Å². The number of hydrogen-bond donors (Lipinski definition) is 1. The molecule has 0 aliphatic heterocycles. The van der Waals surface area contributed by atoms with Crippen LogP contribution in [0.4, 0.5) is 0 Å². The Bertz CT molecular complexity index is 402. The van der Waals surface area contributed by atoms with Gasteiger partial charge in [-0.3, -0.25) is 0 Å². The van der Waals surface area contributed by atoms with Gasteiger partial charge in [0.2, 0.25) is 0 Å². The summed E-state index contributed by atoms with van der Waals surface area (Å²) in [6.07, 6.45) is 0.609. The first-order valence-corrected chi connectivity index (χ1v) is 6.15. The Kier molecular flexibility index (Phi) is 5.65. The van der Waals surface area contributed by atoms with Crippen LogP contribution in [0.5, 0.6) is 5.75 Å². The fourth-order valence-electron chi connectivity index (χ4n) is 1.70. The highest BCUT2D eigenvalue weighted by atomic mass is 16.6. The fraction of sp³-hybridized carbons (Fsp3) is 0.500. The van der Waals surface area contributed by atoms with Gasteiger partial charge in [-0.15, -0.1) is 0 Å². The molecule has 0 radical (unpaired) electrons. The largest absolute Gasteiger partial charge is 0.481 e. The molecule has 0 saturated carbocycles. The number of rotatable bonds is 6.